The molecule has 0 aliphatic carbocycles. The summed E-state index contributed by atoms with van der Waals surface area (Å²) in [4.78, 5) is 12.7. The topological polar surface area (TPSA) is 95.2 Å². The second-order valence-corrected chi connectivity index (χ2v) is 8.26. The van der Waals surface area contributed by atoms with Crippen LogP contribution in [0, 0.1) is 0 Å². The van der Waals surface area contributed by atoms with E-state index < -0.39 is 24.2 Å². The number of unbranched alkanes of at least 4 members (excludes halogenated alkanes) is 1. The number of anilines is 2. The lowest BCUT2D eigenvalue weighted by molar-refractivity contribution is -0.173. The fourth-order valence-corrected chi connectivity index (χ4v) is 4.10. The number of carbonyl (C=O) groups is 1. The summed E-state index contributed by atoms with van der Waals surface area (Å²) in [7, 11) is 0. The number of aryl methyl sites for hydroxylation is 1. The number of nitrogens with zero attached hydrogens (tertiary/aromatic N) is 4. The minimum atomic E-state index is -4.55. The van der Waals surface area contributed by atoms with Crippen molar-refractivity contribution in [2.45, 2.75) is 51.0 Å². The van der Waals surface area contributed by atoms with Gasteiger partial charge in [-0.25, -0.2) is 4.68 Å². The molecular weight excluding hydrogens is 453 g/mol. The number of benzene rings is 1. The summed E-state index contributed by atoms with van der Waals surface area (Å²) in [5.41, 5.74) is 0.950. The zero-order chi connectivity index (χ0) is 23.9. The lowest BCUT2D eigenvalue weighted by Gasteiger charge is -2.33. The number of amides is 1. The summed E-state index contributed by atoms with van der Waals surface area (Å²) in [6.45, 7) is 2.85. The normalized spacial score (nSPS) is 18.9. The molecule has 1 amide bonds. The Hall–Kier alpha value is -3.70. The number of aromatic nitrogens is 4. The Morgan fingerprint density at radius 1 is 1.26 bits per heavy atom. The summed E-state index contributed by atoms with van der Waals surface area (Å²) in [6, 6.07) is 3.83. The van der Waals surface area contributed by atoms with Crippen LogP contribution in [0.15, 0.2) is 36.7 Å². The zero-order valence-electron chi connectivity index (χ0n) is 18.3. The van der Waals surface area contributed by atoms with E-state index in [1.807, 2.05) is 0 Å². The number of halogens is 3. The van der Waals surface area contributed by atoms with Crippen LogP contribution in [0.5, 0.6) is 11.5 Å². The first-order valence-electron chi connectivity index (χ1n) is 11.0. The van der Waals surface area contributed by atoms with Crippen LogP contribution >= 0.6 is 0 Å². The van der Waals surface area contributed by atoms with E-state index in [1.165, 1.54) is 12.3 Å². The first kappa shape index (κ1) is 22.1. The van der Waals surface area contributed by atoms with E-state index in [9.17, 15) is 18.0 Å². The van der Waals surface area contributed by atoms with Gasteiger partial charge in [0, 0.05) is 25.2 Å². The van der Waals surface area contributed by atoms with Crippen molar-refractivity contribution in [3.05, 3.63) is 47.9 Å². The largest absolute Gasteiger partial charge is 0.454 e. The highest BCUT2D eigenvalue weighted by Crippen LogP contribution is 2.45. The number of carbonyl (C=O) groups excluding carboxylic acids is 1. The second kappa shape index (κ2) is 8.58. The molecule has 0 unspecified atom stereocenters. The minimum absolute atomic E-state index is 0.0742. The highest BCUT2D eigenvalue weighted by atomic mass is 19.4. The van der Waals surface area contributed by atoms with E-state index in [0.29, 0.717) is 29.3 Å². The quantitative estimate of drug-likeness (QED) is 0.543. The van der Waals surface area contributed by atoms with Crippen LogP contribution in [-0.4, -0.2) is 38.4 Å². The summed E-state index contributed by atoms with van der Waals surface area (Å²) in [6.07, 6.45) is 0.279. The summed E-state index contributed by atoms with van der Waals surface area (Å²) in [5.74, 6) is 0.537. The van der Waals surface area contributed by atoms with Crippen molar-refractivity contribution >= 4 is 17.4 Å². The first-order chi connectivity index (χ1) is 16.3. The van der Waals surface area contributed by atoms with E-state index in [0.717, 1.165) is 17.5 Å². The fraction of sp³-hybridized carbons (Fsp3) is 0.409. The number of hydrogen-bond donors (Lipinski definition) is 2. The standard InChI is InChI=1S/C22H23F3N6O3/c1-2-3-6-30-11-14(10-26-30)27-21(32)16-9-20-28-15(8-19(22(23,24)25)31(20)29-16)13-4-5-17-18(7-13)34-12-33-17/h4-5,7,9-11,15,19,28H,2-3,6,8,12H2,1H3,(H,27,32)/t15-,19+/m0/s1. The van der Waals surface area contributed by atoms with Gasteiger partial charge in [-0.2, -0.15) is 23.4 Å². The van der Waals surface area contributed by atoms with Gasteiger partial charge in [-0.3, -0.25) is 9.48 Å². The Morgan fingerprint density at radius 2 is 2.09 bits per heavy atom. The first-order valence-corrected chi connectivity index (χ1v) is 11.0. The maximum absolute atomic E-state index is 13.9. The number of nitrogens with one attached hydrogen (secondary N) is 2. The van der Waals surface area contributed by atoms with Crippen molar-refractivity contribution in [1.29, 1.82) is 0 Å². The Kier molecular flexibility index (Phi) is 5.58. The summed E-state index contributed by atoms with van der Waals surface area (Å²) >= 11 is 0. The van der Waals surface area contributed by atoms with Gasteiger partial charge in [-0.05, 0) is 24.1 Å². The molecule has 2 atom stereocenters. The van der Waals surface area contributed by atoms with Gasteiger partial charge in [0.25, 0.3) is 5.91 Å². The van der Waals surface area contributed by atoms with Gasteiger partial charge in [0.05, 0.1) is 17.9 Å². The number of hydrogen-bond acceptors (Lipinski definition) is 6. The fourth-order valence-electron chi connectivity index (χ4n) is 4.10. The van der Waals surface area contributed by atoms with Crippen molar-refractivity contribution in [2.75, 3.05) is 17.4 Å². The maximum atomic E-state index is 13.9. The third-order valence-corrected chi connectivity index (χ3v) is 5.85. The lowest BCUT2D eigenvalue weighted by Crippen LogP contribution is -2.35. The predicted molar refractivity (Wildman–Crippen MR) is 116 cm³/mol. The molecule has 2 N–H and O–H groups in total. The molecule has 0 bridgehead atoms. The number of alkyl halides is 3. The Labute approximate surface area is 192 Å². The van der Waals surface area contributed by atoms with Crippen molar-refractivity contribution in [3.63, 3.8) is 0 Å². The Morgan fingerprint density at radius 3 is 2.88 bits per heavy atom. The molecule has 180 valence electrons. The zero-order valence-corrected chi connectivity index (χ0v) is 18.3. The van der Waals surface area contributed by atoms with Gasteiger partial charge in [0.2, 0.25) is 6.79 Å². The van der Waals surface area contributed by atoms with Gasteiger partial charge in [-0.1, -0.05) is 19.4 Å². The van der Waals surface area contributed by atoms with Crippen LogP contribution in [0.4, 0.5) is 24.7 Å². The molecule has 0 spiro atoms. The van der Waals surface area contributed by atoms with Crippen LogP contribution in [-0.2, 0) is 6.54 Å². The molecule has 2 aliphatic heterocycles. The van der Waals surface area contributed by atoms with Gasteiger partial charge < -0.3 is 20.1 Å². The monoisotopic (exact) mass is 476 g/mol. The molecule has 9 nitrogen and oxygen atoms in total. The third-order valence-electron chi connectivity index (χ3n) is 5.85. The lowest BCUT2D eigenvalue weighted by atomic mass is 9.96. The summed E-state index contributed by atoms with van der Waals surface area (Å²) < 4.78 is 55.0. The number of rotatable bonds is 6. The number of fused-ring (bicyclic) bond motifs is 2. The van der Waals surface area contributed by atoms with Crippen LogP contribution in [0.25, 0.3) is 0 Å². The molecule has 34 heavy (non-hydrogen) atoms. The highest BCUT2D eigenvalue weighted by molar-refractivity contribution is 6.03. The van der Waals surface area contributed by atoms with E-state index in [1.54, 1.807) is 29.1 Å². The van der Waals surface area contributed by atoms with Crippen molar-refractivity contribution in [3.8, 4) is 11.5 Å². The van der Waals surface area contributed by atoms with Crippen LogP contribution < -0.4 is 20.1 Å². The molecule has 0 saturated heterocycles. The van der Waals surface area contributed by atoms with Crippen molar-refractivity contribution < 1.29 is 27.4 Å². The van der Waals surface area contributed by atoms with Gasteiger partial charge in [0.1, 0.15) is 5.82 Å². The van der Waals surface area contributed by atoms with Crippen LogP contribution in [0.3, 0.4) is 0 Å². The average molecular weight is 476 g/mol. The highest BCUT2D eigenvalue weighted by Gasteiger charge is 2.47. The van der Waals surface area contributed by atoms with E-state index in [2.05, 4.69) is 27.8 Å². The molecular formula is C22H23F3N6O3. The van der Waals surface area contributed by atoms with E-state index in [-0.39, 0.29) is 24.7 Å². The molecule has 0 radical (unpaired) electrons. The van der Waals surface area contributed by atoms with Crippen molar-refractivity contribution in [2.24, 2.45) is 0 Å². The molecule has 2 aliphatic rings. The van der Waals surface area contributed by atoms with E-state index in [4.69, 9.17) is 9.47 Å². The van der Waals surface area contributed by atoms with Crippen LogP contribution in [0.1, 0.15) is 54.3 Å². The molecule has 12 heteroatoms. The van der Waals surface area contributed by atoms with Gasteiger partial charge >= 0.3 is 6.18 Å². The second-order valence-electron chi connectivity index (χ2n) is 8.26. The summed E-state index contributed by atoms with van der Waals surface area (Å²) in [5, 5.41) is 13.9. The molecule has 1 aromatic carbocycles. The van der Waals surface area contributed by atoms with Gasteiger partial charge in [-0.15, -0.1) is 0 Å². The SMILES string of the molecule is CCCCn1cc(NC(=O)c2cc3n(n2)[C@@H](C(F)(F)F)C[C@@H](c2ccc4c(c2)OCO4)N3)cn1. The van der Waals surface area contributed by atoms with Gasteiger partial charge in [0.15, 0.2) is 23.2 Å². The number of ether oxygens (including phenoxy) is 2. The Balaban J connectivity index is 1.38. The van der Waals surface area contributed by atoms with Crippen LogP contribution in [0.2, 0.25) is 0 Å². The minimum Gasteiger partial charge on any atom is -0.454 e. The molecule has 2 aromatic heterocycles. The molecule has 3 aromatic rings. The molecule has 0 saturated carbocycles. The molecule has 4 heterocycles. The maximum Gasteiger partial charge on any atom is 0.410 e. The predicted octanol–water partition coefficient (Wildman–Crippen LogP) is 4.52. The third kappa shape index (κ3) is 4.27. The molecule has 0 fully saturated rings. The Bertz CT molecular complexity index is 1200. The average Bonchev–Trinajstić information content (AvgIpc) is 3.54. The molecule has 5 rings (SSSR count). The van der Waals surface area contributed by atoms with E-state index >= 15 is 0 Å². The van der Waals surface area contributed by atoms with Crippen molar-refractivity contribution in [1.82, 2.24) is 19.6 Å². The smallest absolute Gasteiger partial charge is 0.410 e.